The molecule has 0 amide bonds. The molecule has 2 N–H and O–H groups in total. The molecular formula is C14H21FN2O. The highest BCUT2D eigenvalue weighted by molar-refractivity contribution is 5.41. The first-order valence-corrected chi connectivity index (χ1v) is 6.29. The highest BCUT2D eigenvalue weighted by Gasteiger charge is 2.31. The van der Waals surface area contributed by atoms with E-state index in [9.17, 15) is 4.39 Å². The summed E-state index contributed by atoms with van der Waals surface area (Å²) >= 11 is 0. The average molecular weight is 252 g/mol. The lowest BCUT2D eigenvalue weighted by Crippen LogP contribution is -2.51. The molecule has 0 bridgehead atoms. The first kappa shape index (κ1) is 13.3. The van der Waals surface area contributed by atoms with E-state index in [4.69, 9.17) is 10.5 Å². The van der Waals surface area contributed by atoms with E-state index in [1.807, 2.05) is 6.07 Å². The fourth-order valence-corrected chi connectivity index (χ4v) is 2.73. The molecule has 0 radical (unpaired) electrons. The number of nitrogens with zero attached hydrogens (tertiary/aromatic N) is 1. The molecule has 2 rings (SSSR count). The van der Waals surface area contributed by atoms with Gasteiger partial charge in [0.25, 0.3) is 0 Å². The third-order valence-corrected chi connectivity index (χ3v) is 3.03. The Morgan fingerprint density at radius 1 is 1.44 bits per heavy atom. The topological polar surface area (TPSA) is 38.5 Å². The molecule has 1 aromatic rings. The van der Waals surface area contributed by atoms with Crippen molar-refractivity contribution in [1.29, 1.82) is 0 Å². The minimum atomic E-state index is -0.273. The Kier molecular flexibility index (Phi) is 3.59. The predicted octanol–water partition coefficient (Wildman–Crippen LogP) is 2.41. The van der Waals surface area contributed by atoms with Gasteiger partial charge in [-0.15, -0.1) is 0 Å². The van der Waals surface area contributed by atoms with E-state index in [2.05, 4.69) is 25.7 Å². The second kappa shape index (κ2) is 4.86. The standard InChI is InChI=1S/C14H21FN2O/c1-10-7-17(9-14(2,3)18-10)8-11-4-12(15)6-13(16)5-11/h4-6,10H,7-9,16H2,1-3H3. The Hall–Kier alpha value is -1.13. The van der Waals surface area contributed by atoms with E-state index in [1.165, 1.54) is 6.07 Å². The number of nitrogen functional groups attached to an aromatic ring is 1. The van der Waals surface area contributed by atoms with Gasteiger partial charge in [-0.05, 0) is 44.5 Å². The number of morpholine rings is 1. The van der Waals surface area contributed by atoms with Gasteiger partial charge in [-0.1, -0.05) is 0 Å². The molecular weight excluding hydrogens is 231 g/mol. The summed E-state index contributed by atoms with van der Waals surface area (Å²) in [4.78, 5) is 2.28. The first-order chi connectivity index (χ1) is 8.34. The minimum Gasteiger partial charge on any atom is -0.399 e. The zero-order valence-corrected chi connectivity index (χ0v) is 11.2. The van der Waals surface area contributed by atoms with Gasteiger partial charge in [-0.3, -0.25) is 4.90 Å². The Balaban J connectivity index is 2.08. The van der Waals surface area contributed by atoms with Crippen LogP contribution >= 0.6 is 0 Å². The molecule has 4 heteroatoms. The molecule has 1 heterocycles. The van der Waals surface area contributed by atoms with Gasteiger partial charge in [0.15, 0.2) is 0 Å². The molecule has 1 unspecified atom stereocenters. The van der Waals surface area contributed by atoms with Crippen LogP contribution in [0.2, 0.25) is 0 Å². The van der Waals surface area contributed by atoms with E-state index in [0.29, 0.717) is 12.2 Å². The van der Waals surface area contributed by atoms with Gasteiger partial charge in [0, 0.05) is 25.3 Å². The van der Waals surface area contributed by atoms with Crippen molar-refractivity contribution in [3.05, 3.63) is 29.6 Å². The highest BCUT2D eigenvalue weighted by Crippen LogP contribution is 2.23. The summed E-state index contributed by atoms with van der Waals surface area (Å²) in [6.45, 7) is 8.63. The van der Waals surface area contributed by atoms with Gasteiger partial charge in [-0.2, -0.15) is 0 Å². The van der Waals surface area contributed by atoms with Gasteiger partial charge in [0.05, 0.1) is 11.7 Å². The third kappa shape index (κ3) is 3.43. The third-order valence-electron chi connectivity index (χ3n) is 3.03. The lowest BCUT2D eigenvalue weighted by atomic mass is 10.0. The summed E-state index contributed by atoms with van der Waals surface area (Å²) in [5.41, 5.74) is 6.90. The van der Waals surface area contributed by atoms with Crippen LogP contribution in [0.3, 0.4) is 0 Å². The average Bonchev–Trinajstić information content (AvgIpc) is 2.10. The van der Waals surface area contributed by atoms with Crippen molar-refractivity contribution in [2.45, 2.75) is 39.0 Å². The van der Waals surface area contributed by atoms with Crippen LogP contribution in [0.15, 0.2) is 18.2 Å². The van der Waals surface area contributed by atoms with Crippen molar-refractivity contribution in [3.8, 4) is 0 Å². The Labute approximate surface area is 108 Å². The summed E-state index contributed by atoms with van der Waals surface area (Å²) in [6, 6.07) is 4.72. The fraction of sp³-hybridized carbons (Fsp3) is 0.571. The van der Waals surface area contributed by atoms with Gasteiger partial charge < -0.3 is 10.5 Å². The number of benzene rings is 1. The van der Waals surface area contributed by atoms with Crippen molar-refractivity contribution in [1.82, 2.24) is 4.90 Å². The minimum absolute atomic E-state index is 0.156. The van der Waals surface area contributed by atoms with Crippen LogP contribution in [0, 0.1) is 5.82 Å². The Morgan fingerprint density at radius 3 is 2.78 bits per heavy atom. The lowest BCUT2D eigenvalue weighted by molar-refractivity contribution is -0.130. The maximum absolute atomic E-state index is 13.3. The van der Waals surface area contributed by atoms with Crippen LogP contribution in [-0.4, -0.2) is 29.7 Å². The maximum atomic E-state index is 13.3. The van der Waals surface area contributed by atoms with E-state index in [0.717, 1.165) is 18.7 Å². The monoisotopic (exact) mass is 252 g/mol. The normalized spacial score (nSPS) is 24.1. The number of hydrogen-bond donors (Lipinski definition) is 1. The number of anilines is 1. The quantitative estimate of drug-likeness (QED) is 0.821. The van der Waals surface area contributed by atoms with Gasteiger partial charge in [-0.25, -0.2) is 4.39 Å². The van der Waals surface area contributed by atoms with Gasteiger partial charge in [0.2, 0.25) is 0 Å². The number of nitrogens with two attached hydrogens (primary N) is 1. The van der Waals surface area contributed by atoms with Crippen molar-refractivity contribution in [3.63, 3.8) is 0 Å². The Morgan fingerprint density at radius 2 is 2.17 bits per heavy atom. The molecule has 0 spiro atoms. The van der Waals surface area contributed by atoms with Crippen LogP contribution in [0.25, 0.3) is 0 Å². The van der Waals surface area contributed by atoms with Crippen LogP contribution < -0.4 is 5.73 Å². The van der Waals surface area contributed by atoms with E-state index < -0.39 is 0 Å². The largest absolute Gasteiger partial charge is 0.399 e. The van der Waals surface area contributed by atoms with E-state index in [-0.39, 0.29) is 17.5 Å². The second-order valence-electron chi connectivity index (χ2n) is 5.75. The molecule has 3 nitrogen and oxygen atoms in total. The summed E-state index contributed by atoms with van der Waals surface area (Å²) < 4.78 is 19.1. The van der Waals surface area contributed by atoms with Gasteiger partial charge in [0.1, 0.15) is 5.82 Å². The van der Waals surface area contributed by atoms with E-state index in [1.54, 1.807) is 6.07 Å². The Bertz CT molecular complexity index is 414. The van der Waals surface area contributed by atoms with E-state index >= 15 is 0 Å². The second-order valence-corrected chi connectivity index (χ2v) is 5.75. The lowest BCUT2D eigenvalue weighted by Gasteiger charge is -2.41. The van der Waals surface area contributed by atoms with Crippen LogP contribution in [0.1, 0.15) is 26.3 Å². The summed E-state index contributed by atoms with van der Waals surface area (Å²) in [5, 5.41) is 0. The summed E-state index contributed by atoms with van der Waals surface area (Å²) in [5.74, 6) is -0.273. The molecule has 1 fully saturated rings. The van der Waals surface area contributed by atoms with Crippen LogP contribution in [0.4, 0.5) is 10.1 Å². The molecule has 18 heavy (non-hydrogen) atoms. The summed E-state index contributed by atoms with van der Waals surface area (Å²) in [7, 11) is 0. The van der Waals surface area contributed by atoms with Crippen LogP contribution in [-0.2, 0) is 11.3 Å². The number of halogens is 1. The zero-order valence-electron chi connectivity index (χ0n) is 11.2. The SMILES string of the molecule is CC1CN(Cc2cc(N)cc(F)c2)CC(C)(C)O1. The van der Waals surface area contributed by atoms with Gasteiger partial charge >= 0.3 is 0 Å². The smallest absolute Gasteiger partial charge is 0.125 e. The molecule has 0 aromatic heterocycles. The fourth-order valence-electron chi connectivity index (χ4n) is 2.73. The molecule has 1 aromatic carbocycles. The van der Waals surface area contributed by atoms with Crippen molar-refractivity contribution in [2.24, 2.45) is 0 Å². The predicted molar refractivity (Wildman–Crippen MR) is 70.7 cm³/mol. The molecule has 0 aliphatic carbocycles. The van der Waals surface area contributed by atoms with Crippen molar-refractivity contribution in [2.75, 3.05) is 18.8 Å². The number of rotatable bonds is 2. The molecule has 1 aliphatic rings. The maximum Gasteiger partial charge on any atom is 0.125 e. The molecule has 100 valence electrons. The number of hydrogen-bond acceptors (Lipinski definition) is 3. The number of ether oxygens (including phenoxy) is 1. The molecule has 1 aliphatic heterocycles. The van der Waals surface area contributed by atoms with Crippen molar-refractivity contribution < 1.29 is 9.13 Å². The van der Waals surface area contributed by atoms with Crippen molar-refractivity contribution >= 4 is 5.69 Å². The first-order valence-electron chi connectivity index (χ1n) is 6.29. The summed E-state index contributed by atoms with van der Waals surface area (Å²) in [6.07, 6.45) is 0.194. The molecule has 0 saturated carbocycles. The highest BCUT2D eigenvalue weighted by atomic mass is 19.1. The molecule has 1 atom stereocenters. The molecule has 1 saturated heterocycles. The zero-order chi connectivity index (χ0) is 13.3. The van der Waals surface area contributed by atoms with Crippen LogP contribution in [0.5, 0.6) is 0 Å².